The second kappa shape index (κ2) is 9.52. The lowest BCUT2D eigenvalue weighted by Crippen LogP contribution is -2.21. The first-order chi connectivity index (χ1) is 14.0. The number of thiophene rings is 1. The number of primary amides is 1. The number of rotatable bonds is 8. The van der Waals surface area contributed by atoms with Crippen LogP contribution >= 0.6 is 11.3 Å². The van der Waals surface area contributed by atoms with E-state index in [4.69, 9.17) is 10.5 Å². The number of carbonyl (C=O) groups excluding carboxylic acids is 3. The maximum atomic E-state index is 12.4. The Morgan fingerprint density at radius 2 is 1.66 bits per heavy atom. The number of hydrogen-bond donors (Lipinski definition) is 3. The third-order valence-electron chi connectivity index (χ3n) is 3.91. The predicted molar refractivity (Wildman–Crippen MR) is 111 cm³/mol. The molecule has 1 heterocycles. The molecule has 0 saturated carbocycles. The van der Waals surface area contributed by atoms with Gasteiger partial charge in [-0.2, -0.15) is 0 Å². The molecule has 0 atom stereocenters. The van der Waals surface area contributed by atoms with Crippen molar-refractivity contribution >= 4 is 34.7 Å². The molecule has 0 bridgehead atoms. The Morgan fingerprint density at radius 1 is 0.931 bits per heavy atom. The van der Waals surface area contributed by atoms with E-state index in [1.165, 1.54) is 11.3 Å². The summed E-state index contributed by atoms with van der Waals surface area (Å²) in [6.45, 7) is 0.178. The molecule has 29 heavy (non-hydrogen) atoms. The Bertz CT molecular complexity index is 984. The van der Waals surface area contributed by atoms with Gasteiger partial charge in [0.05, 0.1) is 4.88 Å². The highest BCUT2D eigenvalue weighted by atomic mass is 32.1. The number of carbonyl (C=O) groups is 3. The van der Waals surface area contributed by atoms with Crippen molar-refractivity contribution in [1.29, 1.82) is 0 Å². The van der Waals surface area contributed by atoms with Crippen LogP contribution in [0.1, 0.15) is 25.6 Å². The molecule has 3 aromatic rings. The summed E-state index contributed by atoms with van der Waals surface area (Å²) in [5, 5.41) is 7.48. The van der Waals surface area contributed by atoms with E-state index in [-0.39, 0.29) is 18.4 Å². The molecule has 1 aromatic heterocycles. The van der Waals surface area contributed by atoms with Gasteiger partial charge in [-0.1, -0.05) is 18.2 Å². The summed E-state index contributed by atoms with van der Waals surface area (Å²) in [5.74, 6) is -0.456. The number of nitrogens with two attached hydrogens (primary N) is 1. The Hall–Kier alpha value is -3.65. The average molecular weight is 409 g/mol. The minimum absolute atomic E-state index is 0.120. The molecule has 0 saturated heterocycles. The zero-order valence-corrected chi connectivity index (χ0v) is 16.2. The van der Waals surface area contributed by atoms with Crippen LogP contribution in [0.15, 0.2) is 66.0 Å². The Morgan fingerprint density at radius 3 is 2.28 bits per heavy atom. The molecule has 3 amide bonds. The van der Waals surface area contributed by atoms with Crippen molar-refractivity contribution in [2.45, 2.75) is 6.54 Å². The number of hydrogen-bond acceptors (Lipinski definition) is 5. The molecule has 8 heteroatoms. The van der Waals surface area contributed by atoms with Crippen LogP contribution in [0.2, 0.25) is 0 Å². The normalized spacial score (nSPS) is 10.2. The van der Waals surface area contributed by atoms with E-state index in [9.17, 15) is 14.4 Å². The minimum Gasteiger partial charge on any atom is -0.484 e. The highest BCUT2D eigenvalue weighted by Gasteiger charge is 2.08. The monoisotopic (exact) mass is 409 g/mol. The van der Waals surface area contributed by atoms with Gasteiger partial charge in [-0.05, 0) is 53.4 Å². The zero-order chi connectivity index (χ0) is 20.6. The number of nitrogens with one attached hydrogen (secondary N) is 2. The van der Waals surface area contributed by atoms with Crippen molar-refractivity contribution < 1.29 is 19.1 Å². The summed E-state index contributed by atoms with van der Waals surface area (Å²) in [4.78, 5) is 35.7. The summed E-state index contributed by atoms with van der Waals surface area (Å²) >= 11 is 1.38. The lowest BCUT2D eigenvalue weighted by atomic mass is 10.1. The second-order valence-electron chi connectivity index (χ2n) is 6.09. The average Bonchev–Trinajstić information content (AvgIpc) is 3.27. The van der Waals surface area contributed by atoms with Crippen LogP contribution in [0.5, 0.6) is 5.75 Å². The van der Waals surface area contributed by atoms with Crippen molar-refractivity contribution in [3.8, 4) is 5.75 Å². The molecule has 2 aromatic carbocycles. The van der Waals surface area contributed by atoms with E-state index in [2.05, 4.69) is 10.6 Å². The van der Waals surface area contributed by atoms with Crippen molar-refractivity contribution in [3.63, 3.8) is 0 Å². The topological polar surface area (TPSA) is 111 Å². The lowest BCUT2D eigenvalue weighted by molar-refractivity contribution is -0.119. The van der Waals surface area contributed by atoms with Crippen LogP contribution in [0, 0.1) is 0 Å². The molecule has 0 spiro atoms. The summed E-state index contributed by atoms with van der Waals surface area (Å²) < 4.78 is 5.17. The van der Waals surface area contributed by atoms with Crippen LogP contribution in [-0.2, 0) is 11.3 Å². The minimum atomic E-state index is -0.558. The van der Waals surface area contributed by atoms with E-state index < -0.39 is 5.91 Å². The van der Waals surface area contributed by atoms with Gasteiger partial charge in [-0.3, -0.25) is 14.4 Å². The van der Waals surface area contributed by atoms with Gasteiger partial charge in [0.1, 0.15) is 5.75 Å². The van der Waals surface area contributed by atoms with Crippen LogP contribution < -0.4 is 21.1 Å². The van der Waals surface area contributed by atoms with Gasteiger partial charge in [0.15, 0.2) is 6.61 Å². The van der Waals surface area contributed by atoms with Crippen LogP contribution in [0.3, 0.4) is 0 Å². The van der Waals surface area contributed by atoms with Crippen LogP contribution in [0.4, 0.5) is 5.69 Å². The summed E-state index contributed by atoms with van der Waals surface area (Å²) in [6.07, 6.45) is 0. The van der Waals surface area contributed by atoms with Gasteiger partial charge < -0.3 is 21.1 Å². The standard InChI is InChI=1S/C21H19N3O4S/c22-19(25)13-28-17-9-7-16(8-10-17)24-20(26)15-5-3-14(4-6-15)12-23-21(27)18-2-1-11-29-18/h1-11H,12-13H2,(H2,22,25)(H,23,27)(H,24,26). The highest BCUT2D eigenvalue weighted by Crippen LogP contribution is 2.17. The highest BCUT2D eigenvalue weighted by molar-refractivity contribution is 7.12. The first-order valence-electron chi connectivity index (χ1n) is 8.74. The van der Waals surface area contributed by atoms with Crippen molar-refractivity contribution in [3.05, 3.63) is 82.0 Å². The number of benzene rings is 2. The van der Waals surface area contributed by atoms with Gasteiger partial charge >= 0.3 is 0 Å². The molecule has 0 aliphatic rings. The quantitative estimate of drug-likeness (QED) is 0.531. The third-order valence-corrected chi connectivity index (χ3v) is 4.78. The molecule has 148 valence electrons. The molecule has 0 radical (unpaired) electrons. The van der Waals surface area contributed by atoms with Gasteiger partial charge in [-0.15, -0.1) is 11.3 Å². The van der Waals surface area contributed by atoms with Gasteiger partial charge in [0.2, 0.25) is 0 Å². The number of amides is 3. The Kier molecular flexibility index (Phi) is 6.59. The number of ether oxygens (including phenoxy) is 1. The Labute approximate surface area is 171 Å². The fourth-order valence-corrected chi connectivity index (χ4v) is 3.08. The molecule has 0 aliphatic carbocycles. The SMILES string of the molecule is NC(=O)COc1ccc(NC(=O)c2ccc(CNC(=O)c3cccs3)cc2)cc1. The summed E-state index contributed by atoms with van der Waals surface area (Å²) in [7, 11) is 0. The largest absolute Gasteiger partial charge is 0.484 e. The summed E-state index contributed by atoms with van der Waals surface area (Å²) in [6, 6.07) is 17.2. The van der Waals surface area contributed by atoms with E-state index in [0.717, 1.165) is 5.56 Å². The smallest absolute Gasteiger partial charge is 0.261 e. The third kappa shape index (κ3) is 5.91. The molecule has 4 N–H and O–H groups in total. The Balaban J connectivity index is 1.52. The first-order valence-corrected chi connectivity index (χ1v) is 9.62. The van der Waals surface area contributed by atoms with Crippen molar-refractivity contribution in [2.75, 3.05) is 11.9 Å². The fraction of sp³-hybridized carbons (Fsp3) is 0.0952. The van der Waals surface area contributed by atoms with Crippen LogP contribution in [-0.4, -0.2) is 24.3 Å². The molecule has 3 rings (SSSR count). The fourth-order valence-electron chi connectivity index (χ4n) is 2.44. The van der Waals surface area contributed by atoms with Gasteiger partial charge in [0, 0.05) is 17.8 Å². The predicted octanol–water partition coefficient (Wildman–Crippen LogP) is 2.79. The maximum Gasteiger partial charge on any atom is 0.261 e. The van der Waals surface area contributed by atoms with Crippen LogP contribution in [0.25, 0.3) is 0 Å². The van der Waals surface area contributed by atoms with E-state index >= 15 is 0 Å². The first kappa shape index (κ1) is 20.1. The second-order valence-corrected chi connectivity index (χ2v) is 7.04. The van der Waals surface area contributed by atoms with Crippen molar-refractivity contribution in [1.82, 2.24) is 5.32 Å². The molecule has 0 fully saturated rings. The summed E-state index contributed by atoms with van der Waals surface area (Å²) in [5.41, 5.74) is 7.00. The molecule has 7 nitrogen and oxygen atoms in total. The lowest BCUT2D eigenvalue weighted by Gasteiger charge is -2.08. The van der Waals surface area contributed by atoms with E-state index in [0.29, 0.717) is 28.4 Å². The molecule has 0 aliphatic heterocycles. The van der Waals surface area contributed by atoms with Crippen molar-refractivity contribution in [2.24, 2.45) is 5.73 Å². The van der Waals surface area contributed by atoms with Gasteiger partial charge in [0.25, 0.3) is 17.7 Å². The molecule has 0 unspecified atom stereocenters. The molecular formula is C21H19N3O4S. The van der Waals surface area contributed by atoms with E-state index in [1.54, 1.807) is 54.6 Å². The maximum absolute atomic E-state index is 12.4. The van der Waals surface area contributed by atoms with Gasteiger partial charge in [-0.25, -0.2) is 0 Å². The zero-order valence-electron chi connectivity index (χ0n) is 15.4. The van der Waals surface area contributed by atoms with E-state index in [1.807, 2.05) is 11.4 Å². The number of anilines is 1. The molecular weight excluding hydrogens is 390 g/mol.